The van der Waals surface area contributed by atoms with E-state index >= 15 is 0 Å². The molecule has 148 valence electrons. The van der Waals surface area contributed by atoms with Gasteiger partial charge in [0.15, 0.2) is 0 Å². The summed E-state index contributed by atoms with van der Waals surface area (Å²) in [5, 5.41) is 2.55. The van der Waals surface area contributed by atoms with Crippen molar-refractivity contribution in [2.24, 2.45) is 5.92 Å². The molecule has 3 aromatic carbocycles. The summed E-state index contributed by atoms with van der Waals surface area (Å²) < 4.78 is 11.4. The van der Waals surface area contributed by atoms with E-state index in [1.807, 2.05) is 30.5 Å². The fourth-order valence-electron chi connectivity index (χ4n) is 3.97. The number of aromatic nitrogens is 1. The summed E-state index contributed by atoms with van der Waals surface area (Å²) in [6.07, 6.45) is 1.85. The molecule has 0 saturated carbocycles. The first-order valence-electron chi connectivity index (χ1n) is 10.9. The second-order valence-electron chi connectivity index (χ2n) is 8.13. The van der Waals surface area contributed by atoms with Gasteiger partial charge in [0.05, 0.1) is 5.69 Å². The van der Waals surface area contributed by atoms with Crippen molar-refractivity contribution in [2.45, 2.75) is 26.7 Å². The molecular formula is C28H25NS. The Hall–Kier alpha value is -2.97. The highest BCUT2D eigenvalue weighted by Crippen LogP contribution is 2.41. The Morgan fingerprint density at radius 1 is 0.800 bits per heavy atom. The lowest BCUT2D eigenvalue weighted by Gasteiger charge is -2.16. The van der Waals surface area contributed by atoms with Crippen LogP contribution in [0.3, 0.4) is 0 Å². The van der Waals surface area contributed by atoms with Crippen molar-refractivity contribution in [1.29, 1.82) is 0 Å². The lowest BCUT2D eigenvalue weighted by atomic mass is 9.90. The normalized spacial score (nSPS) is 14.2. The second-order valence-corrected chi connectivity index (χ2v) is 9.18. The van der Waals surface area contributed by atoms with Crippen molar-refractivity contribution in [3.63, 3.8) is 0 Å². The fraction of sp³-hybridized carbons (Fsp3) is 0.179. The Labute approximate surface area is 183 Å². The van der Waals surface area contributed by atoms with Gasteiger partial charge in [-0.2, -0.15) is 0 Å². The van der Waals surface area contributed by atoms with Crippen LogP contribution >= 0.6 is 11.3 Å². The monoisotopic (exact) mass is 408 g/mol. The zero-order chi connectivity index (χ0) is 21.6. The Balaban J connectivity index is 1.67. The van der Waals surface area contributed by atoms with E-state index < -0.39 is 5.89 Å². The summed E-state index contributed by atoms with van der Waals surface area (Å²) in [5.74, 6) is -0.421. The minimum Gasteiger partial charge on any atom is -0.256 e. The van der Waals surface area contributed by atoms with Crippen molar-refractivity contribution in [3.8, 4) is 22.4 Å². The molecule has 0 radical (unpaired) electrons. The number of rotatable bonds is 4. The summed E-state index contributed by atoms with van der Waals surface area (Å²) in [6.45, 7) is 6.19. The van der Waals surface area contributed by atoms with Crippen LogP contribution in [-0.4, -0.2) is 4.98 Å². The average molecular weight is 409 g/mol. The van der Waals surface area contributed by atoms with Crippen LogP contribution in [0.2, 0.25) is 0 Å². The van der Waals surface area contributed by atoms with Gasteiger partial charge < -0.3 is 0 Å². The van der Waals surface area contributed by atoms with Crippen LogP contribution < -0.4 is 0 Å². The van der Waals surface area contributed by atoms with Crippen molar-refractivity contribution in [3.05, 3.63) is 90.6 Å². The predicted octanol–water partition coefficient (Wildman–Crippen LogP) is 8.54. The molecule has 0 saturated heterocycles. The van der Waals surface area contributed by atoms with Gasteiger partial charge in [-0.15, -0.1) is 11.3 Å². The molecular weight excluding hydrogens is 382 g/mol. The van der Waals surface area contributed by atoms with Gasteiger partial charge in [0.25, 0.3) is 0 Å². The maximum Gasteiger partial charge on any atom is 0.0719 e. The van der Waals surface area contributed by atoms with Crippen LogP contribution in [0.25, 0.3) is 42.6 Å². The number of hydrogen-bond acceptors (Lipinski definition) is 2. The van der Waals surface area contributed by atoms with Crippen LogP contribution in [-0.2, 0) is 0 Å². The van der Waals surface area contributed by atoms with Gasteiger partial charge in [-0.05, 0) is 46.7 Å². The van der Waals surface area contributed by atoms with Crippen molar-refractivity contribution < 1.29 is 1.37 Å². The molecule has 1 nitrogen and oxygen atoms in total. The molecule has 2 heterocycles. The van der Waals surface area contributed by atoms with E-state index in [1.165, 1.54) is 31.3 Å². The molecule has 0 aliphatic rings. The lowest BCUT2D eigenvalue weighted by molar-refractivity contribution is 0.535. The molecule has 1 atom stereocenters. The number of thiophene rings is 1. The van der Waals surface area contributed by atoms with E-state index in [2.05, 4.69) is 86.6 Å². The SMILES string of the molecule is [2H]C(C)(c1ccnc(-c2cccc3c2sc2cc(-c4ccccc4)ccc23)c1)C(C)C. The molecule has 1 unspecified atom stereocenters. The average Bonchev–Trinajstić information content (AvgIpc) is 3.17. The van der Waals surface area contributed by atoms with Crippen LogP contribution in [0.1, 0.15) is 33.6 Å². The van der Waals surface area contributed by atoms with E-state index in [0.29, 0.717) is 0 Å². The molecule has 0 aliphatic carbocycles. The van der Waals surface area contributed by atoms with Gasteiger partial charge in [0.2, 0.25) is 0 Å². The topological polar surface area (TPSA) is 12.9 Å². The van der Waals surface area contributed by atoms with Gasteiger partial charge in [-0.3, -0.25) is 4.98 Å². The third-order valence-electron chi connectivity index (χ3n) is 5.96. The highest BCUT2D eigenvalue weighted by atomic mass is 32.1. The molecule has 0 amide bonds. The molecule has 2 heteroatoms. The fourth-order valence-corrected chi connectivity index (χ4v) is 5.23. The van der Waals surface area contributed by atoms with E-state index in [9.17, 15) is 0 Å². The van der Waals surface area contributed by atoms with Crippen molar-refractivity contribution in [2.75, 3.05) is 0 Å². The van der Waals surface area contributed by atoms with E-state index in [1.54, 1.807) is 0 Å². The minimum absolute atomic E-state index is 0.222. The highest BCUT2D eigenvalue weighted by Gasteiger charge is 2.15. The van der Waals surface area contributed by atoms with E-state index in [-0.39, 0.29) is 5.92 Å². The quantitative estimate of drug-likeness (QED) is 0.290. The lowest BCUT2D eigenvalue weighted by Crippen LogP contribution is -2.02. The standard InChI is InChI=1S/C28H25NS/c1-18(2)19(3)21-14-15-29-26(16-21)25-11-7-10-24-23-13-12-22(17-27(23)30-28(24)25)20-8-5-4-6-9-20/h4-19H,1-3H3/i19D. The molecule has 0 fully saturated rings. The Kier molecular flexibility index (Phi) is 4.58. The molecule has 5 rings (SSSR count). The predicted molar refractivity (Wildman–Crippen MR) is 131 cm³/mol. The Morgan fingerprint density at radius 3 is 2.43 bits per heavy atom. The van der Waals surface area contributed by atoms with Crippen molar-refractivity contribution >= 4 is 31.5 Å². The first kappa shape index (κ1) is 17.9. The summed E-state index contributed by atoms with van der Waals surface area (Å²) >= 11 is 1.82. The molecule has 0 aliphatic heterocycles. The summed E-state index contributed by atoms with van der Waals surface area (Å²) in [4.78, 5) is 4.69. The van der Waals surface area contributed by atoms with Gasteiger partial charge in [0, 0.05) is 33.3 Å². The highest BCUT2D eigenvalue weighted by molar-refractivity contribution is 7.26. The number of nitrogens with zero attached hydrogens (tertiary/aromatic N) is 1. The van der Waals surface area contributed by atoms with Crippen LogP contribution in [0.4, 0.5) is 0 Å². The van der Waals surface area contributed by atoms with Gasteiger partial charge >= 0.3 is 0 Å². The Morgan fingerprint density at radius 2 is 1.63 bits per heavy atom. The maximum absolute atomic E-state index is 8.81. The maximum atomic E-state index is 8.81. The first-order valence-corrected chi connectivity index (χ1v) is 11.2. The number of benzene rings is 3. The summed E-state index contributed by atoms with van der Waals surface area (Å²) in [7, 11) is 0. The van der Waals surface area contributed by atoms with Crippen LogP contribution in [0.15, 0.2) is 85.1 Å². The number of fused-ring (bicyclic) bond motifs is 3. The van der Waals surface area contributed by atoms with Gasteiger partial charge in [-0.1, -0.05) is 81.4 Å². The first-order chi connectivity index (χ1) is 14.9. The summed E-state index contributed by atoms with van der Waals surface area (Å²) in [5.41, 5.74) is 5.57. The van der Waals surface area contributed by atoms with Crippen molar-refractivity contribution in [1.82, 2.24) is 4.98 Å². The minimum atomic E-state index is -0.643. The summed E-state index contributed by atoms with van der Waals surface area (Å²) in [6, 6.07) is 27.8. The zero-order valence-corrected chi connectivity index (χ0v) is 18.3. The van der Waals surface area contributed by atoms with Gasteiger partial charge in [0.1, 0.15) is 0 Å². The number of hydrogen-bond donors (Lipinski definition) is 0. The molecule has 5 aromatic rings. The Bertz CT molecular complexity index is 1380. The van der Waals surface area contributed by atoms with E-state index in [0.717, 1.165) is 16.8 Å². The zero-order valence-electron chi connectivity index (χ0n) is 18.5. The van der Waals surface area contributed by atoms with Crippen LogP contribution in [0, 0.1) is 5.92 Å². The molecule has 30 heavy (non-hydrogen) atoms. The third-order valence-corrected chi connectivity index (χ3v) is 7.16. The largest absolute Gasteiger partial charge is 0.256 e. The number of pyridine rings is 1. The van der Waals surface area contributed by atoms with Gasteiger partial charge in [-0.25, -0.2) is 0 Å². The molecule has 0 bridgehead atoms. The molecule has 2 aromatic heterocycles. The third kappa shape index (κ3) is 3.32. The molecule has 0 N–H and O–H groups in total. The van der Waals surface area contributed by atoms with E-state index in [4.69, 9.17) is 6.35 Å². The second kappa shape index (κ2) is 7.70. The smallest absolute Gasteiger partial charge is 0.0719 e. The molecule has 0 spiro atoms. The van der Waals surface area contributed by atoms with Crippen LogP contribution in [0.5, 0.6) is 0 Å².